The highest BCUT2D eigenvalue weighted by atomic mass is 16.3. The van der Waals surface area contributed by atoms with Crippen LogP contribution in [-0.4, -0.2) is 19.6 Å². The van der Waals surface area contributed by atoms with Gasteiger partial charge in [0.2, 0.25) is 0 Å². The van der Waals surface area contributed by atoms with E-state index in [-0.39, 0.29) is 12.0 Å². The quantitative estimate of drug-likeness (QED) is 0.748. The highest BCUT2D eigenvalue weighted by Crippen LogP contribution is 2.49. The van der Waals surface area contributed by atoms with Gasteiger partial charge in [-0.1, -0.05) is 24.3 Å². The van der Waals surface area contributed by atoms with Crippen LogP contribution in [0, 0.1) is 12.8 Å². The third-order valence-electron chi connectivity index (χ3n) is 5.56. The van der Waals surface area contributed by atoms with E-state index < -0.39 is 6.10 Å². The SMILES string of the molecule is Cc1cc2c(cn1)C(O)C(C1c3ccccc3-c3cncn31)CC2. The summed E-state index contributed by atoms with van der Waals surface area (Å²) in [6.07, 6.45) is 7.14. The number of benzene rings is 1. The van der Waals surface area contributed by atoms with Gasteiger partial charge in [0, 0.05) is 28.9 Å². The summed E-state index contributed by atoms with van der Waals surface area (Å²) in [6.45, 7) is 2.00. The molecule has 24 heavy (non-hydrogen) atoms. The normalized spacial score (nSPS) is 24.3. The summed E-state index contributed by atoms with van der Waals surface area (Å²) in [6, 6.07) is 10.7. The second-order valence-corrected chi connectivity index (χ2v) is 6.89. The van der Waals surface area contributed by atoms with Crippen molar-refractivity contribution >= 4 is 0 Å². The zero-order chi connectivity index (χ0) is 16.3. The number of imidazole rings is 1. The second-order valence-electron chi connectivity index (χ2n) is 6.89. The van der Waals surface area contributed by atoms with E-state index in [4.69, 9.17) is 0 Å². The lowest BCUT2D eigenvalue weighted by molar-refractivity contribution is 0.0716. The number of nitrogens with zero attached hydrogens (tertiary/aromatic N) is 3. The van der Waals surface area contributed by atoms with E-state index in [1.807, 2.05) is 25.6 Å². The van der Waals surface area contributed by atoms with Crippen molar-refractivity contribution in [3.63, 3.8) is 0 Å². The minimum Gasteiger partial charge on any atom is -0.388 e. The maximum Gasteiger partial charge on any atom is 0.0956 e. The van der Waals surface area contributed by atoms with Gasteiger partial charge < -0.3 is 9.67 Å². The van der Waals surface area contributed by atoms with Crippen molar-refractivity contribution in [3.8, 4) is 11.3 Å². The van der Waals surface area contributed by atoms with Crippen LogP contribution in [0.5, 0.6) is 0 Å². The molecule has 3 aromatic rings. The lowest BCUT2D eigenvalue weighted by Crippen LogP contribution is -2.28. The molecule has 2 aliphatic rings. The van der Waals surface area contributed by atoms with Crippen molar-refractivity contribution in [2.75, 3.05) is 0 Å². The predicted octanol–water partition coefficient (Wildman–Crippen LogP) is 3.45. The van der Waals surface area contributed by atoms with Crippen molar-refractivity contribution in [2.24, 2.45) is 5.92 Å². The fourth-order valence-corrected chi connectivity index (χ4v) is 4.46. The number of aryl methyl sites for hydroxylation is 2. The summed E-state index contributed by atoms with van der Waals surface area (Å²) in [4.78, 5) is 8.74. The van der Waals surface area contributed by atoms with Crippen molar-refractivity contribution in [3.05, 3.63) is 71.4 Å². The molecule has 3 atom stereocenters. The van der Waals surface area contributed by atoms with Crippen LogP contribution < -0.4 is 0 Å². The number of fused-ring (bicyclic) bond motifs is 4. The molecule has 3 unspecified atom stereocenters. The van der Waals surface area contributed by atoms with Crippen LogP contribution in [0.25, 0.3) is 11.3 Å². The van der Waals surface area contributed by atoms with Gasteiger partial charge in [0.15, 0.2) is 0 Å². The summed E-state index contributed by atoms with van der Waals surface area (Å²) in [5.41, 5.74) is 6.92. The minimum atomic E-state index is -0.492. The summed E-state index contributed by atoms with van der Waals surface area (Å²) in [7, 11) is 0. The first-order chi connectivity index (χ1) is 11.7. The number of hydrogen-bond acceptors (Lipinski definition) is 3. The lowest BCUT2D eigenvalue weighted by atomic mass is 9.76. The van der Waals surface area contributed by atoms with E-state index in [0.29, 0.717) is 0 Å². The Hall–Kier alpha value is -2.46. The molecule has 3 heterocycles. The second kappa shape index (κ2) is 5.02. The average molecular weight is 317 g/mol. The van der Waals surface area contributed by atoms with E-state index in [1.165, 1.54) is 16.7 Å². The Kier molecular flexibility index (Phi) is 2.91. The third kappa shape index (κ3) is 1.83. The first kappa shape index (κ1) is 13.9. The lowest BCUT2D eigenvalue weighted by Gasteiger charge is -2.35. The molecule has 0 fully saturated rings. The molecule has 4 heteroatoms. The van der Waals surface area contributed by atoms with Gasteiger partial charge in [-0.25, -0.2) is 4.98 Å². The summed E-state index contributed by atoms with van der Waals surface area (Å²) in [5, 5.41) is 11.1. The van der Waals surface area contributed by atoms with E-state index in [0.717, 1.165) is 29.8 Å². The molecule has 0 radical (unpaired) electrons. The molecule has 0 amide bonds. The van der Waals surface area contributed by atoms with Gasteiger partial charge in [-0.2, -0.15) is 0 Å². The van der Waals surface area contributed by atoms with Crippen molar-refractivity contribution < 1.29 is 5.11 Å². The van der Waals surface area contributed by atoms with Crippen LogP contribution in [0.3, 0.4) is 0 Å². The maximum atomic E-state index is 11.1. The Morgan fingerprint density at radius 2 is 2.04 bits per heavy atom. The molecule has 0 spiro atoms. The zero-order valence-electron chi connectivity index (χ0n) is 13.6. The summed E-state index contributed by atoms with van der Waals surface area (Å²) >= 11 is 0. The zero-order valence-corrected chi connectivity index (χ0v) is 13.6. The van der Waals surface area contributed by atoms with Crippen molar-refractivity contribution in [2.45, 2.75) is 31.9 Å². The number of rotatable bonds is 1. The number of aliphatic hydroxyl groups is 1. The van der Waals surface area contributed by atoms with Crippen molar-refractivity contribution in [1.29, 1.82) is 0 Å². The Morgan fingerprint density at radius 1 is 1.17 bits per heavy atom. The average Bonchev–Trinajstić information content (AvgIpc) is 3.16. The molecule has 120 valence electrons. The number of hydrogen-bond donors (Lipinski definition) is 1. The summed E-state index contributed by atoms with van der Waals surface area (Å²) in [5.74, 6) is 0.138. The van der Waals surface area contributed by atoms with Gasteiger partial charge in [0.1, 0.15) is 0 Å². The number of pyridine rings is 1. The highest BCUT2D eigenvalue weighted by molar-refractivity contribution is 5.69. The fraction of sp³-hybridized carbons (Fsp3) is 0.300. The first-order valence-electron chi connectivity index (χ1n) is 8.48. The highest BCUT2D eigenvalue weighted by Gasteiger charge is 2.40. The van der Waals surface area contributed by atoms with Gasteiger partial charge in [-0.05, 0) is 37.0 Å². The fourth-order valence-electron chi connectivity index (χ4n) is 4.46. The Balaban J connectivity index is 1.62. The van der Waals surface area contributed by atoms with E-state index in [9.17, 15) is 5.11 Å². The van der Waals surface area contributed by atoms with Crippen LogP contribution in [0.15, 0.2) is 49.1 Å². The van der Waals surface area contributed by atoms with Crippen molar-refractivity contribution in [1.82, 2.24) is 14.5 Å². The van der Waals surface area contributed by atoms with E-state index >= 15 is 0 Å². The topological polar surface area (TPSA) is 50.9 Å². The van der Waals surface area contributed by atoms with Crippen LogP contribution in [-0.2, 0) is 6.42 Å². The molecule has 0 saturated heterocycles. The van der Waals surface area contributed by atoms with Crippen LogP contribution in [0.1, 0.15) is 41.0 Å². The molecule has 1 aromatic carbocycles. The summed E-state index contributed by atoms with van der Waals surface area (Å²) < 4.78 is 2.23. The molecule has 4 nitrogen and oxygen atoms in total. The molecular weight excluding hydrogens is 298 g/mol. The number of aliphatic hydroxyl groups excluding tert-OH is 1. The molecule has 1 N–H and O–H groups in total. The predicted molar refractivity (Wildman–Crippen MR) is 91.5 cm³/mol. The maximum absolute atomic E-state index is 11.1. The standard InChI is InChI=1S/C20H19N3O/c1-12-8-13-6-7-16(20(24)17(13)9-22-12)19-15-5-3-2-4-14(15)18-10-21-11-23(18)19/h2-5,8-11,16,19-20,24H,6-7H2,1H3. The van der Waals surface area contributed by atoms with Gasteiger partial charge in [0.05, 0.1) is 30.4 Å². The van der Waals surface area contributed by atoms with Crippen LogP contribution in [0.4, 0.5) is 0 Å². The number of aromatic nitrogens is 3. The van der Waals surface area contributed by atoms with E-state index in [2.05, 4.69) is 44.9 Å². The molecule has 2 aromatic heterocycles. The Labute approximate surface area is 140 Å². The molecule has 5 rings (SSSR count). The van der Waals surface area contributed by atoms with Crippen LogP contribution in [0.2, 0.25) is 0 Å². The molecule has 0 bridgehead atoms. The van der Waals surface area contributed by atoms with Crippen LogP contribution >= 0.6 is 0 Å². The Bertz CT molecular complexity index is 930. The molecule has 0 saturated carbocycles. The smallest absolute Gasteiger partial charge is 0.0956 e. The van der Waals surface area contributed by atoms with E-state index in [1.54, 1.807) is 0 Å². The van der Waals surface area contributed by atoms with Gasteiger partial charge in [0.25, 0.3) is 0 Å². The minimum absolute atomic E-state index is 0.138. The Morgan fingerprint density at radius 3 is 2.96 bits per heavy atom. The molecular formula is C20H19N3O. The van der Waals surface area contributed by atoms with Gasteiger partial charge in [-0.3, -0.25) is 4.98 Å². The first-order valence-corrected chi connectivity index (χ1v) is 8.48. The monoisotopic (exact) mass is 317 g/mol. The van der Waals surface area contributed by atoms with Gasteiger partial charge in [-0.15, -0.1) is 0 Å². The largest absolute Gasteiger partial charge is 0.388 e. The molecule has 1 aliphatic heterocycles. The third-order valence-corrected chi connectivity index (χ3v) is 5.56. The van der Waals surface area contributed by atoms with Gasteiger partial charge >= 0.3 is 0 Å². The molecule has 1 aliphatic carbocycles.